The number of alkyl halides is 1. The van der Waals surface area contributed by atoms with E-state index in [9.17, 15) is 14.3 Å². The zero-order chi connectivity index (χ0) is 30.6. The summed E-state index contributed by atoms with van der Waals surface area (Å²) < 4.78 is 24.3. The summed E-state index contributed by atoms with van der Waals surface area (Å²) in [5.74, 6) is 2.58. The van der Waals surface area contributed by atoms with Gasteiger partial charge in [0.05, 0.1) is 20.1 Å². The van der Waals surface area contributed by atoms with Crippen molar-refractivity contribution in [1.29, 1.82) is 0 Å². The lowest BCUT2D eigenvalue weighted by atomic mass is 10.1. The molecule has 2 aromatic heterocycles. The highest BCUT2D eigenvalue weighted by molar-refractivity contribution is 5.99. The van der Waals surface area contributed by atoms with Gasteiger partial charge in [0.1, 0.15) is 35.1 Å². The minimum atomic E-state index is -1.08. The van der Waals surface area contributed by atoms with Crippen LogP contribution in [0.5, 0.6) is 11.5 Å². The molecule has 230 valence electrons. The van der Waals surface area contributed by atoms with Gasteiger partial charge in [-0.25, -0.2) is 14.4 Å². The maximum atomic E-state index is 13.6. The van der Waals surface area contributed by atoms with Crippen LogP contribution >= 0.6 is 0 Å². The predicted molar refractivity (Wildman–Crippen MR) is 169 cm³/mol. The molecule has 1 amide bonds. The summed E-state index contributed by atoms with van der Waals surface area (Å²) in [6.07, 6.45) is 3.58. The van der Waals surface area contributed by atoms with Crippen LogP contribution in [0.25, 0.3) is 10.8 Å². The molecule has 1 saturated heterocycles. The Labute approximate surface area is 256 Å². The Morgan fingerprint density at radius 1 is 1.05 bits per heavy atom. The Morgan fingerprint density at radius 3 is 2.25 bits per heavy atom. The molecule has 1 aliphatic carbocycles. The molecule has 2 aromatic carbocycles. The standard InChI is InChI=1S/C34H38FN5O4/c1-43-26-9-5-22(6-10-26)20-39(21-23-7-11-27(44-2)12-8-23)33-29-19-36-31(37-34(42)28-18-30(28)35)16-24(29)17-32(38-33)40-14-3-4-25(40)13-15-41/h5-12,16-17,19,25,28,30,41H,3-4,13-15,18,20-21H2,1-2H3,(H,36,37,42)/t25?,28-,30+/m1/s1. The van der Waals surface area contributed by atoms with E-state index >= 15 is 0 Å². The second-order valence-corrected chi connectivity index (χ2v) is 11.5. The van der Waals surface area contributed by atoms with Crippen LogP contribution in [0, 0.1) is 5.92 Å². The van der Waals surface area contributed by atoms with Crippen molar-refractivity contribution >= 4 is 34.1 Å². The molecule has 3 heterocycles. The van der Waals surface area contributed by atoms with E-state index in [1.807, 2.05) is 60.7 Å². The van der Waals surface area contributed by atoms with Gasteiger partial charge in [0.25, 0.3) is 0 Å². The van der Waals surface area contributed by atoms with Gasteiger partial charge in [-0.3, -0.25) is 4.79 Å². The number of nitrogens with zero attached hydrogens (tertiary/aromatic N) is 4. The number of methoxy groups -OCH3 is 2. The molecular formula is C34H38FN5O4. The number of hydrogen-bond acceptors (Lipinski definition) is 8. The van der Waals surface area contributed by atoms with E-state index < -0.39 is 12.1 Å². The van der Waals surface area contributed by atoms with Crippen molar-refractivity contribution in [3.63, 3.8) is 0 Å². The van der Waals surface area contributed by atoms with E-state index in [0.29, 0.717) is 25.3 Å². The highest BCUT2D eigenvalue weighted by Gasteiger charge is 2.43. The number of aliphatic hydroxyl groups excluding tert-OH is 1. The largest absolute Gasteiger partial charge is 0.497 e. The third kappa shape index (κ3) is 6.55. The molecule has 1 saturated carbocycles. The van der Waals surface area contributed by atoms with Gasteiger partial charge < -0.3 is 29.7 Å². The van der Waals surface area contributed by atoms with Gasteiger partial charge in [0.2, 0.25) is 5.91 Å². The van der Waals surface area contributed by atoms with Gasteiger partial charge in [0, 0.05) is 43.9 Å². The fraction of sp³-hybridized carbons (Fsp3) is 0.382. The monoisotopic (exact) mass is 599 g/mol. The molecule has 2 fully saturated rings. The van der Waals surface area contributed by atoms with Crippen LogP contribution in [0.15, 0.2) is 66.9 Å². The van der Waals surface area contributed by atoms with E-state index in [0.717, 1.165) is 64.4 Å². The SMILES string of the molecule is COc1ccc(CN(Cc2ccc(OC)cc2)c2nc(N3CCCC3CCO)cc3cc(NC(=O)[C@@H]4C[C@@H]4F)ncc23)cc1. The highest BCUT2D eigenvalue weighted by Crippen LogP contribution is 2.37. The van der Waals surface area contributed by atoms with Crippen molar-refractivity contribution in [3.05, 3.63) is 78.0 Å². The number of ether oxygens (including phenoxy) is 2. The van der Waals surface area contributed by atoms with Crippen LogP contribution < -0.4 is 24.6 Å². The maximum absolute atomic E-state index is 13.6. The first-order chi connectivity index (χ1) is 21.4. The van der Waals surface area contributed by atoms with Crippen molar-refractivity contribution in [2.45, 2.75) is 51.0 Å². The Balaban J connectivity index is 1.43. The molecule has 2 aliphatic rings. The van der Waals surface area contributed by atoms with Gasteiger partial charge in [-0.15, -0.1) is 0 Å². The first-order valence-corrected chi connectivity index (χ1v) is 15.1. The molecular weight excluding hydrogens is 561 g/mol. The lowest BCUT2D eigenvalue weighted by molar-refractivity contribution is -0.117. The number of halogens is 1. The lowest BCUT2D eigenvalue weighted by Crippen LogP contribution is -2.31. The average Bonchev–Trinajstić information content (AvgIpc) is 3.61. The molecule has 44 heavy (non-hydrogen) atoms. The number of aliphatic hydroxyl groups is 1. The number of anilines is 3. The van der Waals surface area contributed by atoms with Crippen LogP contribution in [0.2, 0.25) is 0 Å². The fourth-order valence-electron chi connectivity index (χ4n) is 5.92. The van der Waals surface area contributed by atoms with E-state index in [1.54, 1.807) is 20.4 Å². The van der Waals surface area contributed by atoms with Gasteiger partial charge in [0.15, 0.2) is 0 Å². The van der Waals surface area contributed by atoms with E-state index in [1.165, 1.54) is 0 Å². The molecule has 2 N–H and O–H groups in total. The van der Waals surface area contributed by atoms with Gasteiger partial charge in [-0.05, 0) is 78.6 Å². The predicted octanol–water partition coefficient (Wildman–Crippen LogP) is 5.50. The smallest absolute Gasteiger partial charge is 0.231 e. The molecule has 0 radical (unpaired) electrons. The topological polar surface area (TPSA) is 100 Å². The minimum absolute atomic E-state index is 0.111. The van der Waals surface area contributed by atoms with Crippen LogP contribution in [0.1, 0.15) is 36.8 Å². The number of benzene rings is 2. The van der Waals surface area contributed by atoms with Crippen molar-refractivity contribution in [3.8, 4) is 11.5 Å². The molecule has 0 bridgehead atoms. The third-order valence-corrected chi connectivity index (χ3v) is 8.48. The quantitative estimate of drug-likeness (QED) is 0.220. The van der Waals surface area contributed by atoms with Crippen molar-refractivity contribution in [2.24, 2.45) is 5.92 Å². The number of carbonyl (C=O) groups excluding carboxylic acids is 1. The molecule has 1 aliphatic heterocycles. The zero-order valence-electron chi connectivity index (χ0n) is 25.1. The van der Waals surface area contributed by atoms with Crippen LogP contribution in [0.4, 0.5) is 21.8 Å². The summed E-state index contributed by atoms with van der Waals surface area (Å²) in [6.45, 7) is 2.09. The number of nitrogens with one attached hydrogen (secondary N) is 1. The summed E-state index contributed by atoms with van der Waals surface area (Å²) in [6, 6.07) is 20.0. The number of hydrogen-bond donors (Lipinski definition) is 2. The minimum Gasteiger partial charge on any atom is -0.497 e. The van der Waals surface area contributed by atoms with Gasteiger partial charge >= 0.3 is 0 Å². The van der Waals surface area contributed by atoms with E-state index in [4.69, 9.17) is 14.5 Å². The molecule has 0 spiro atoms. The molecule has 1 unspecified atom stereocenters. The van der Waals surface area contributed by atoms with Crippen molar-refractivity contribution < 1.29 is 23.8 Å². The molecule has 3 atom stereocenters. The Morgan fingerprint density at radius 2 is 1.68 bits per heavy atom. The summed E-state index contributed by atoms with van der Waals surface area (Å²) in [4.78, 5) is 26.8. The average molecular weight is 600 g/mol. The van der Waals surface area contributed by atoms with E-state index in [2.05, 4.69) is 20.1 Å². The number of aromatic nitrogens is 2. The first-order valence-electron chi connectivity index (χ1n) is 15.1. The fourth-order valence-corrected chi connectivity index (χ4v) is 5.92. The molecule has 9 nitrogen and oxygen atoms in total. The Bertz CT molecular complexity index is 1550. The third-order valence-electron chi connectivity index (χ3n) is 8.48. The molecule has 6 rings (SSSR count). The maximum Gasteiger partial charge on any atom is 0.231 e. The molecule has 10 heteroatoms. The Kier molecular flexibility index (Phi) is 8.79. The first kappa shape index (κ1) is 29.6. The van der Waals surface area contributed by atoms with Crippen LogP contribution in [-0.2, 0) is 17.9 Å². The van der Waals surface area contributed by atoms with Crippen LogP contribution in [-0.4, -0.2) is 60.6 Å². The zero-order valence-corrected chi connectivity index (χ0v) is 25.1. The second-order valence-electron chi connectivity index (χ2n) is 11.5. The van der Waals surface area contributed by atoms with Crippen LogP contribution in [0.3, 0.4) is 0 Å². The second kappa shape index (κ2) is 13.1. The van der Waals surface area contributed by atoms with Gasteiger partial charge in [-0.1, -0.05) is 24.3 Å². The summed E-state index contributed by atoms with van der Waals surface area (Å²) in [5, 5.41) is 14.3. The van der Waals surface area contributed by atoms with Crippen molar-refractivity contribution in [2.75, 3.05) is 42.5 Å². The van der Waals surface area contributed by atoms with Gasteiger partial charge in [-0.2, -0.15) is 0 Å². The van der Waals surface area contributed by atoms with E-state index in [-0.39, 0.29) is 25.0 Å². The highest BCUT2D eigenvalue weighted by atomic mass is 19.1. The number of carbonyl (C=O) groups is 1. The lowest BCUT2D eigenvalue weighted by Gasteiger charge is -2.30. The number of rotatable bonds is 12. The van der Waals surface area contributed by atoms with Crippen molar-refractivity contribution in [1.82, 2.24) is 9.97 Å². The number of pyridine rings is 2. The number of amides is 1. The number of fused-ring (bicyclic) bond motifs is 1. The summed E-state index contributed by atoms with van der Waals surface area (Å²) in [5.41, 5.74) is 2.17. The summed E-state index contributed by atoms with van der Waals surface area (Å²) in [7, 11) is 3.30. The molecule has 4 aromatic rings. The Hall–Kier alpha value is -4.44. The summed E-state index contributed by atoms with van der Waals surface area (Å²) >= 11 is 0. The normalized spacial score (nSPS) is 19.2.